The van der Waals surface area contributed by atoms with Crippen molar-refractivity contribution >= 4 is 33.3 Å². The first-order chi connectivity index (χ1) is 11.4. The lowest BCUT2D eigenvalue weighted by Gasteiger charge is -2.31. The molecule has 0 saturated carbocycles. The van der Waals surface area contributed by atoms with Gasteiger partial charge in [0.15, 0.2) is 0 Å². The van der Waals surface area contributed by atoms with Crippen LogP contribution < -0.4 is 5.32 Å². The second-order valence-corrected chi connectivity index (χ2v) is 7.88. The van der Waals surface area contributed by atoms with Gasteiger partial charge < -0.3 is 15.5 Å². The van der Waals surface area contributed by atoms with Crippen LogP contribution in [-0.4, -0.2) is 60.0 Å². The van der Waals surface area contributed by atoms with Crippen LogP contribution >= 0.6 is 11.6 Å². The number of alkyl halides is 1. The number of nitrogens with one attached hydrogen (secondary N) is 1. The van der Waals surface area contributed by atoms with Gasteiger partial charge in [0.25, 0.3) is 0 Å². The van der Waals surface area contributed by atoms with E-state index in [-0.39, 0.29) is 23.9 Å². The molecule has 0 bridgehead atoms. The van der Waals surface area contributed by atoms with Crippen molar-refractivity contribution in [3.05, 3.63) is 24.3 Å². The maximum Gasteiger partial charge on any atom is 0.322 e. The van der Waals surface area contributed by atoms with Gasteiger partial charge in [-0.15, -0.1) is 11.6 Å². The largest absolute Gasteiger partial charge is 0.480 e. The lowest BCUT2D eigenvalue weighted by atomic mass is 10.1. The van der Waals surface area contributed by atoms with Gasteiger partial charge >= 0.3 is 5.97 Å². The van der Waals surface area contributed by atoms with Crippen LogP contribution in [0.2, 0.25) is 0 Å². The van der Waals surface area contributed by atoms with Crippen molar-refractivity contribution in [2.45, 2.75) is 36.3 Å². The van der Waals surface area contributed by atoms with E-state index >= 15 is 0 Å². The number of sulfonamides is 1. The summed E-state index contributed by atoms with van der Waals surface area (Å²) < 4.78 is 26.7. The summed E-state index contributed by atoms with van der Waals surface area (Å²) in [6, 6.07) is 5.08. The average Bonchev–Trinajstić information content (AvgIpc) is 2.59. The number of nitrogens with zero attached hydrogens (tertiary/aromatic N) is 1. The molecule has 9 heteroatoms. The second-order valence-electron chi connectivity index (χ2n) is 5.68. The van der Waals surface area contributed by atoms with Crippen molar-refractivity contribution in [1.82, 2.24) is 4.31 Å². The van der Waals surface area contributed by atoms with Gasteiger partial charge in [-0.3, -0.25) is 4.79 Å². The molecular formula is C15H21ClN2O5S. The third-order valence-electron chi connectivity index (χ3n) is 3.90. The van der Waals surface area contributed by atoms with Crippen molar-refractivity contribution in [1.29, 1.82) is 0 Å². The summed E-state index contributed by atoms with van der Waals surface area (Å²) in [6.45, 7) is 0.385. The molecule has 7 nitrogen and oxygen atoms in total. The molecule has 0 aliphatic carbocycles. The van der Waals surface area contributed by atoms with Gasteiger partial charge in [0.1, 0.15) is 6.04 Å². The van der Waals surface area contributed by atoms with Crippen LogP contribution in [0, 0.1) is 0 Å². The van der Waals surface area contributed by atoms with Gasteiger partial charge in [0.05, 0.1) is 16.9 Å². The zero-order chi connectivity index (χ0) is 17.7. The second kappa shape index (κ2) is 8.15. The molecule has 0 radical (unpaired) electrons. The summed E-state index contributed by atoms with van der Waals surface area (Å²) in [5.41, 5.74) is 0.518. The molecule has 134 valence electrons. The van der Waals surface area contributed by atoms with Gasteiger partial charge in [-0.1, -0.05) is 6.07 Å². The van der Waals surface area contributed by atoms with E-state index in [2.05, 4.69) is 5.32 Å². The van der Waals surface area contributed by atoms with Gasteiger partial charge in [-0.25, -0.2) is 8.42 Å². The van der Waals surface area contributed by atoms with Crippen molar-refractivity contribution in [3.8, 4) is 0 Å². The van der Waals surface area contributed by atoms with Crippen LogP contribution in [-0.2, 0) is 14.8 Å². The summed E-state index contributed by atoms with van der Waals surface area (Å²) in [7, 11) is -3.90. The van der Waals surface area contributed by atoms with Crippen molar-refractivity contribution in [2.24, 2.45) is 0 Å². The third kappa shape index (κ3) is 4.38. The predicted molar refractivity (Wildman–Crippen MR) is 90.8 cm³/mol. The number of hydrogen-bond acceptors (Lipinski definition) is 5. The normalized spacial score (nSPS) is 20.5. The zero-order valence-corrected chi connectivity index (χ0v) is 14.6. The van der Waals surface area contributed by atoms with Crippen molar-refractivity contribution < 1.29 is 23.4 Å². The number of halogens is 1. The number of carboxylic acids is 1. The number of aliphatic hydroxyl groups excluding tert-OH is 1. The highest BCUT2D eigenvalue weighted by Gasteiger charge is 2.37. The molecular weight excluding hydrogens is 356 g/mol. The number of aliphatic hydroxyl groups is 1. The maximum absolute atomic E-state index is 12.8. The number of aliphatic carboxylic acids is 1. The first-order valence-electron chi connectivity index (χ1n) is 7.69. The van der Waals surface area contributed by atoms with Crippen LogP contribution in [0.25, 0.3) is 0 Å². The summed E-state index contributed by atoms with van der Waals surface area (Å²) in [5, 5.41) is 21.7. The van der Waals surface area contributed by atoms with E-state index in [4.69, 9.17) is 11.6 Å². The van der Waals surface area contributed by atoms with Crippen molar-refractivity contribution in [3.63, 3.8) is 0 Å². The highest BCUT2D eigenvalue weighted by Crippen LogP contribution is 2.27. The fraction of sp³-hybridized carbons (Fsp3) is 0.533. The van der Waals surface area contributed by atoms with Gasteiger partial charge in [-0.2, -0.15) is 4.31 Å². The minimum absolute atomic E-state index is 0.0287. The Morgan fingerprint density at radius 1 is 1.42 bits per heavy atom. The standard InChI is InChI=1S/C15H21ClN2O5S/c16-9-12(19)10-17-11-4-3-5-13(8-11)24(22,23)18-7-2-1-6-14(18)15(20)21/h3-5,8,12,14,17,19H,1-2,6-7,9-10H2,(H,20,21). The van der Waals surface area contributed by atoms with E-state index in [0.717, 1.165) is 4.31 Å². The van der Waals surface area contributed by atoms with E-state index in [1.54, 1.807) is 12.1 Å². The molecule has 0 spiro atoms. The number of benzene rings is 1. The molecule has 1 aromatic rings. The topological polar surface area (TPSA) is 107 Å². The van der Waals surface area contributed by atoms with E-state index < -0.39 is 28.1 Å². The monoisotopic (exact) mass is 376 g/mol. The fourth-order valence-corrected chi connectivity index (χ4v) is 4.44. The molecule has 24 heavy (non-hydrogen) atoms. The SMILES string of the molecule is O=C(O)C1CCCCN1S(=O)(=O)c1cccc(NCC(O)CCl)c1. The zero-order valence-electron chi connectivity index (χ0n) is 13.1. The molecule has 0 amide bonds. The van der Waals surface area contributed by atoms with Crippen LogP contribution in [0.3, 0.4) is 0 Å². The first kappa shape index (κ1) is 19.0. The van der Waals surface area contributed by atoms with Gasteiger partial charge in [0, 0.05) is 18.8 Å². The highest BCUT2D eigenvalue weighted by molar-refractivity contribution is 7.89. The van der Waals surface area contributed by atoms with Gasteiger partial charge in [-0.05, 0) is 37.5 Å². The number of carboxylic acid groups (broad SMARTS) is 1. The highest BCUT2D eigenvalue weighted by atomic mass is 35.5. The Bertz CT molecular complexity index is 682. The molecule has 3 N–H and O–H groups in total. The Balaban J connectivity index is 2.23. The third-order valence-corrected chi connectivity index (χ3v) is 6.16. The number of rotatable bonds is 7. The lowest BCUT2D eigenvalue weighted by molar-refractivity contribution is -0.142. The quantitative estimate of drug-likeness (QED) is 0.620. The van der Waals surface area contributed by atoms with Crippen LogP contribution in [0.1, 0.15) is 19.3 Å². The van der Waals surface area contributed by atoms with E-state index in [0.29, 0.717) is 24.9 Å². The molecule has 2 unspecified atom stereocenters. The molecule has 0 aromatic heterocycles. The fourth-order valence-electron chi connectivity index (χ4n) is 2.63. The first-order valence-corrected chi connectivity index (χ1v) is 9.66. The molecule has 1 fully saturated rings. The maximum atomic E-state index is 12.8. The Hall–Kier alpha value is -1.35. The number of carbonyl (C=O) groups is 1. The lowest BCUT2D eigenvalue weighted by Crippen LogP contribution is -2.47. The summed E-state index contributed by atoms with van der Waals surface area (Å²) >= 11 is 5.52. The van der Waals surface area contributed by atoms with E-state index in [9.17, 15) is 23.4 Å². The minimum Gasteiger partial charge on any atom is -0.480 e. The smallest absolute Gasteiger partial charge is 0.322 e. The number of piperidine rings is 1. The van der Waals surface area contributed by atoms with Crippen LogP contribution in [0.5, 0.6) is 0 Å². The molecule has 1 aliphatic heterocycles. The summed E-state index contributed by atoms with van der Waals surface area (Å²) in [6.07, 6.45) is 0.906. The number of anilines is 1. The summed E-state index contributed by atoms with van der Waals surface area (Å²) in [5.74, 6) is -1.06. The molecule has 2 rings (SSSR count). The molecule has 1 aromatic carbocycles. The number of hydrogen-bond donors (Lipinski definition) is 3. The Morgan fingerprint density at radius 3 is 2.83 bits per heavy atom. The van der Waals surface area contributed by atoms with E-state index in [1.165, 1.54) is 12.1 Å². The Labute approximate surface area is 146 Å². The average molecular weight is 377 g/mol. The van der Waals surface area contributed by atoms with Crippen LogP contribution in [0.4, 0.5) is 5.69 Å². The molecule has 2 atom stereocenters. The van der Waals surface area contributed by atoms with E-state index in [1.807, 2.05) is 0 Å². The minimum atomic E-state index is -3.90. The Morgan fingerprint density at radius 2 is 2.17 bits per heavy atom. The molecule has 1 aliphatic rings. The summed E-state index contributed by atoms with van der Waals surface area (Å²) in [4.78, 5) is 11.4. The van der Waals surface area contributed by atoms with Gasteiger partial charge in [0.2, 0.25) is 10.0 Å². The van der Waals surface area contributed by atoms with Crippen LogP contribution in [0.15, 0.2) is 29.2 Å². The van der Waals surface area contributed by atoms with Crippen molar-refractivity contribution in [2.75, 3.05) is 24.3 Å². The Kier molecular flexibility index (Phi) is 6.45. The predicted octanol–water partition coefficient (Wildman–Crippen LogP) is 1.33. The molecule has 1 saturated heterocycles. The molecule has 1 heterocycles.